The highest BCUT2D eigenvalue weighted by atomic mass is 19.1. The number of nitrogens with one attached hydrogen (secondary N) is 3. The normalized spacial score (nSPS) is 18.5. The van der Waals surface area contributed by atoms with E-state index in [1.54, 1.807) is 24.3 Å². The molecule has 0 unspecified atom stereocenters. The second-order valence-corrected chi connectivity index (χ2v) is 8.45. The van der Waals surface area contributed by atoms with Crippen molar-refractivity contribution in [3.05, 3.63) is 53.3 Å². The predicted molar refractivity (Wildman–Crippen MR) is 123 cm³/mol. The van der Waals surface area contributed by atoms with Crippen molar-refractivity contribution >= 4 is 23.4 Å². The number of β-amino-alcohol motifs (C(OH)–C–C–N with tert-alkyl or cyclic N) is 1. The molecular weight excluding hydrogens is 427 g/mol. The fourth-order valence-electron chi connectivity index (χ4n) is 4.47. The molecule has 4 N–H and O–H groups in total. The van der Waals surface area contributed by atoms with E-state index in [1.807, 2.05) is 19.9 Å². The van der Waals surface area contributed by atoms with Crippen LogP contribution in [0.15, 0.2) is 36.4 Å². The van der Waals surface area contributed by atoms with Gasteiger partial charge in [0.25, 0.3) is 0 Å². The average molecular weight is 457 g/mol. The number of para-hydroxylation sites is 1. The number of carbonyl (C=O) groups excluding carboxylic acids is 2. The first-order chi connectivity index (χ1) is 15.9. The molecule has 2 aliphatic rings. The summed E-state index contributed by atoms with van der Waals surface area (Å²) < 4.78 is 20.6. The Kier molecular flexibility index (Phi) is 6.42. The third-order valence-electron chi connectivity index (χ3n) is 6.49. The number of aliphatic hydroxyl groups is 1. The maximum absolute atomic E-state index is 14.5. The Labute approximate surface area is 192 Å². The SMILES string of the molecule is CCC1(CC)C[C@@H](NC(=O)Nc2ccc3c(c2)NC(=O)N(CCO)C3)c2cccc(F)c2O1. The molecule has 0 saturated carbocycles. The first-order valence-electron chi connectivity index (χ1n) is 11.2. The Morgan fingerprint density at radius 3 is 2.82 bits per heavy atom. The van der Waals surface area contributed by atoms with Crippen molar-refractivity contribution in [3.8, 4) is 5.75 Å². The first-order valence-corrected chi connectivity index (χ1v) is 11.2. The van der Waals surface area contributed by atoms with E-state index in [1.165, 1.54) is 11.0 Å². The quantitative estimate of drug-likeness (QED) is 0.518. The highest BCUT2D eigenvalue weighted by molar-refractivity contribution is 5.95. The van der Waals surface area contributed by atoms with Crippen molar-refractivity contribution < 1.29 is 23.8 Å². The summed E-state index contributed by atoms with van der Waals surface area (Å²) in [6.07, 6.45) is 1.91. The van der Waals surface area contributed by atoms with Crippen molar-refractivity contribution in [2.75, 3.05) is 23.8 Å². The minimum Gasteiger partial charge on any atom is -0.484 e. The first kappa shape index (κ1) is 22.8. The summed E-state index contributed by atoms with van der Waals surface area (Å²) in [6, 6.07) is 8.89. The zero-order valence-electron chi connectivity index (χ0n) is 18.8. The summed E-state index contributed by atoms with van der Waals surface area (Å²) in [4.78, 5) is 26.5. The highest BCUT2D eigenvalue weighted by Gasteiger charge is 2.40. The number of benzene rings is 2. The highest BCUT2D eigenvalue weighted by Crippen LogP contribution is 2.44. The largest absolute Gasteiger partial charge is 0.484 e. The molecule has 2 aromatic rings. The third-order valence-corrected chi connectivity index (χ3v) is 6.49. The van der Waals surface area contributed by atoms with Crippen LogP contribution in [-0.4, -0.2) is 40.8 Å². The number of hydrogen-bond acceptors (Lipinski definition) is 4. The lowest BCUT2D eigenvalue weighted by molar-refractivity contribution is 0.0205. The third kappa shape index (κ3) is 4.59. The van der Waals surface area contributed by atoms with Gasteiger partial charge in [0, 0.05) is 36.4 Å². The molecule has 2 heterocycles. The van der Waals surface area contributed by atoms with E-state index in [9.17, 15) is 14.0 Å². The Morgan fingerprint density at radius 2 is 2.09 bits per heavy atom. The number of halogens is 1. The number of carbonyl (C=O) groups is 2. The smallest absolute Gasteiger partial charge is 0.322 e. The van der Waals surface area contributed by atoms with Crippen LogP contribution in [0.5, 0.6) is 5.75 Å². The van der Waals surface area contributed by atoms with E-state index in [0.717, 1.165) is 5.56 Å². The maximum atomic E-state index is 14.5. The van der Waals surface area contributed by atoms with Crippen LogP contribution in [0.3, 0.4) is 0 Å². The van der Waals surface area contributed by atoms with Crippen LogP contribution in [0, 0.1) is 5.82 Å². The summed E-state index contributed by atoms with van der Waals surface area (Å²) >= 11 is 0. The molecular formula is C24H29FN4O4. The van der Waals surface area contributed by atoms with Gasteiger partial charge >= 0.3 is 12.1 Å². The van der Waals surface area contributed by atoms with Gasteiger partial charge in [-0.2, -0.15) is 0 Å². The van der Waals surface area contributed by atoms with Crippen LogP contribution in [0.2, 0.25) is 0 Å². The van der Waals surface area contributed by atoms with Crippen LogP contribution in [-0.2, 0) is 6.54 Å². The fraction of sp³-hybridized carbons (Fsp3) is 0.417. The van der Waals surface area contributed by atoms with Gasteiger partial charge in [0.15, 0.2) is 11.6 Å². The van der Waals surface area contributed by atoms with Gasteiger partial charge in [-0.3, -0.25) is 0 Å². The number of hydrogen-bond donors (Lipinski definition) is 4. The van der Waals surface area contributed by atoms with Crippen LogP contribution >= 0.6 is 0 Å². The average Bonchev–Trinajstić information content (AvgIpc) is 2.80. The van der Waals surface area contributed by atoms with E-state index in [-0.39, 0.29) is 24.9 Å². The van der Waals surface area contributed by atoms with Gasteiger partial charge in [-0.05, 0) is 36.6 Å². The van der Waals surface area contributed by atoms with E-state index in [0.29, 0.717) is 42.7 Å². The van der Waals surface area contributed by atoms with E-state index < -0.39 is 23.5 Å². The van der Waals surface area contributed by atoms with Crippen LogP contribution < -0.4 is 20.7 Å². The molecule has 0 fully saturated rings. The molecule has 1 atom stereocenters. The zero-order chi connectivity index (χ0) is 23.6. The minimum absolute atomic E-state index is 0.112. The van der Waals surface area contributed by atoms with Gasteiger partial charge < -0.3 is 30.7 Å². The summed E-state index contributed by atoms with van der Waals surface area (Å²) in [5.41, 5.74) is 2.08. The van der Waals surface area contributed by atoms with E-state index >= 15 is 0 Å². The molecule has 176 valence electrons. The predicted octanol–water partition coefficient (Wildman–Crippen LogP) is 4.37. The van der Waals surface area contributed by atoms with Crippen LogP contribution in [0.1, 0.15) is 50.3 Å². The van der Waals surface area contributed by atoms with E-state index in [4.69, 9.17) is 9.84 Å². The Hall–Kier alpha value is -3.33. The molecule has 0 aliphatic carbocycles. The summed E-state index contributed by atoms with van der Waals surface area (Å²) in [5, 5.41) is 17.7. The number of amides is 4. The monoisotopic (exact) mass is 456 g/mol. The number of nitrogens with zero attached hydrogens (tertiary/aromatic N) is 1. The summed E-state index contributed by atoms with van der Waals surface area (Å²) in [7, 11) is 0. The van der Waals surface area contributed by atoms with Gasteiger partial charge in [0.2, 0.25) is 0 Å². The van der Waals surface area contributed by atoms with Crippen molar-refractivity contribution in [3.63, 3.8) is 0 Å². The molecule has 2 aromatic carbocycles. The standard InChI is InChI=1S/C24H29FN4O4/c1-3-24(4-2)13-20(17-6-5-7-18(25)21(17)33-24)27-22(31)26-16-9-8-15-14-29(10-11-30)23(32)28-19(15)12-16/h5-9,12,20,30H,3-4,10-11,13-14H2,1-2H3,(H,28,32)(H2,26,27,31)/t20-/m1/s1. The Bertz CT molecular complexity index is 1060. The molecule has 2 aliphatic heterocycles. The lowest BCUT2D eigenvalue weighted by Gasteiger charge is -2.41. The zero-order valence-corrected chi connectivity index (χ0v) is 18.8. The molecule has 8 nitrogen and oxygen atoms in total. The van der Waals surface area contributed by atoms with Crippen molar-refractivity contribution in [2.45, 2.75) is 51.3 Å². The summed E-state index contributed by atoms with van der Waals surface area (Å²) in [5.74, 6) is -0.243. The Balaban J connectivity index is 1.50. The maximum Gasteiger partial charge on any atom is 0.322 e. The van der Waals surface area contributed by atoms with Crippen molar-refractivity contribution in [1.82, 2.24) is 10.2 Å². The summed E-state index contributed by atoms with van der Waals surface area (Å²) in [6.45, 7) is 4.51. The van der Waals surface area contributed by atoms with Crippen LogP contribution in [0.25, 0.3) is 0 Å². The molecule has 0 spiro atoms. The number of fused-ring (bicyclic) bond motifs is 2. The van der Waals surface area contributed by atoms with Gasteiger partial charge in [-0.15, -0.1) is 0 Å². The molecule has 0 saturated heterocycles. The number of ether oxygens (including phenoxy) is 1. The lowest BCUT2D eigenvalue weighted by atomic mass is 9.83. The second-order valence-electron chi connectivity index (χ2n) is 8.45. The van der Waals surface area contributed by atoms with Crippen molar-refractivity contribution in [2.24, 2.45) is 0 Å². The number of aliphatic hydroxyl groups excluding tert-OH is 1. The van der Waals surface area contributed by atoms with Crippen molar-refractivity contribution in [1.29, 1.82) is 0 Å². The second kappa shape index (κ2) is 9.27. The molecule has 0 bridgehead atoms. The molecule has 4 amide bonds. The van der Waals surface area contributed by atoms with Gasteiger partial charge in [-0.1, -0.05) is 32.0 Å². The van der Waals surface area contributed by atoms with E-state index in [2.05, 4.69) is 16.0 Å². The minimum atomic E-state index is -0.552. The molecule has 0 aromatic heterocycles. The van der Waals surface area contributed by atoms with Gasteiger partial charge in [-0.25, -0.2) is 14.0 Å². The molecule has 33 heavy (non-hydrogen) atoms. The Morgan fingerprint density at radius 1 is 1.30 bits per heavy atom. The van der Waals surface area contributed by atoms with Gasteiger partial charge in [0.1, 0.15) is 5.60 Å². The number of anilines is 2. The number of rotatable bonds is 6. The lowest BCUT2D eigenvalue weighted by Crippen LogP contribution is -2.45. The number of urea groups is 2. The molecule has 0 radical (unpaired) electrons. The molecule has 9 heteroatoms. The topological polar surface area (TPSA) is 103 Å². The van der Waals surface area contributed by atoms with Gasteiger partial charge in [0.05, 0.1) is 12.6 Å². The molecule has 4 rings (SSSR count). The fourth-order valence-corrected chi connectivity index (χ4v) is 4.47. The van der Waals surface area contributed by atoms with Crippen LogP contribution in [0.4, 0.5) is 25.4 Å².